The first kappa shape index (κ1) is 11.4. The number of carboxylic acid groups (broad SMARTS) is 1. The quantitative estimate of drug-likeness (QED) is 0.419. The molecule has 0 rings (SSSR count). The summed E-state index contributed by atoms with van der Waals surface area (Å²) < 4.78 is 4.31. The highest BCUT2D eigenvalue weighted by atomic mass is 16.5. The summed E-state index contributed by atoms with van der Waals surface area (Å²) in [5, 5.41) is 10.6. The zero-order valence-electron chi connectivity index (χ0n) is 7.15. The summed E-state index contributed by atoms with van der Waals surface area (Å²) in [6.45, 7) is 0. The van der Waals surface area contributed by atoms with Crippen LogP contribution in [-0.4, -0.2) is 36.6 Å². The average Bonchev–Trinajstić information content (AvgIpc) is 2.11. The van der Waals surface area contributed by atoms with Gasteiger partial charge in [-0.2, -0.15) is 0 Å². The monoisotopic (exact) mass is 189 g/mol. The fraction of sp³-hybridized carbons (Fsp3) is 0.571. The normalized spacial score (nSPS) is 11.5. The van der Waals surface area contributed by atoms with Crippen LogP contribution in [-0.2, 0) is 19.1 Å². The number of hydrogen-bond donors (Lipinski definition) is 2. The van der Waals surface area contributed by atoms with E-state index in [1.54, 1.807) is 0 Å². The first-order chi connectivity index (χ1) is 6.11. The van der Waals surface area contributed by atoms with Gasteiger partial charge in [-0.3, -0.25) is 9.59 Å². The Morgan fingerprint density at radius 2 is 2.23 bits per heavy atom. The van der Waals surface area contributed by atoms with Crippen LogP contribution in [0.3, 0.4) is 0 Å². The maximum atomic E-state index is 10.6. The highest BCUT2D eigenvalue weighted by Crippen LogP contribution is 1.98. The third kappa shape index (κ3) is 4.78. The van der Waals surface area contributed by atoms with E-state index in [-0.39, 0.29) is 19.3 Å². The number of methoxy groups -OCH3 is 1. The molecule has 0 aromatic rings. The molecule has 13 heavy (non-hydrogen) atoms. The fourth-order valence-corrected chi connectivity index (χ4v) is 0.724. The molecule has 0 saturated carbocycles. The van der Waals surface area contributed by atoms with Crippen molar-refractivity contribution in [1.29, 1.82) is 0 Å². The molecule has 0 aromatic heterocycles. The Morgan fingerprint density at radius 1 is 1.62 bits per heavy atom. The summed E-state index contributed by atoms with van der Waals surface area (Å²) >= 11 is 0. The van der Waals surface area contributed by atoms with Crippen LogP contribution in [0.5, 0.6) is 0 Å². The van der Waals surface area contributed by atoms with Gasteiger partial charge in [0.2, 0.25) is 6.41 Å². The predicted molar refractivity (Wildman–Crippen MR) is 41.9 cm³/mol. The molecule has 0 aliphatic heterocycles. The number of carbonyl (C=O) groups is 3. The van der Waals surface area contributed by atoms with Crippen LogP contribution in [0, 0.1) is 0 Å². The van der Waals surface area contributed by atoms with Crippen LogP contribution in [0.15, 0.2) is 0 Å². The molecule has 0 fully saturated rings. The lowest BCUT2D eigenvalue weighted by atomic mass is 10.1. The van der Waals surface area contributed by atoms with Crippen molar-refractivity contribution < 1.29 is 24.2 Å². The Kier molecular flexibility index (Phi) is 5.25. The first-order valence-electron chi connectivity index (χ1n) is 3.61. The molecule has 0 aromatic carbocycles. The minimum Gasteiger partial charge on any atom is -0.480 e. The van der Waals surface area contributed by atoms with Gasteiger partial charge < -0.3 is 15.2 Å². The van der Waals surface area contributed by atoms with Crippen molar-refractivity contribution in [2.45, 2.75) is 18.9 Å². The number of nitrogens with one attached hydrogen (secondary N) is 1. The maximum absolute atomic E-state index is 10.6. The molecular weight excluding hydrogens is 178 g/mol. The van der Waals surface area contributed by atoms with E-state index in [1.165, 1.54) is 7.11 Å². The number of hydrogen-bond acceptors (Lipinski definition) is 4. The number of aliphatic carboxylic acids is 1. The van der Waals surface area contributed by atoms with Gasteiger partial charge in [0.15, 0.2) is 0 Å². The van der Waals surface area contributed by atoms with Gasteiger partial charge in [0.25, 0.3) is 0 Å². The van der Waals surface area contributed by atoms with Crippen LogP contribution >= 0.6 is 0 Å². The number of rotatable bonds is 6. The largest absolute Gasteiger partial charge is 0.480 e. The molecule has 0 unspecified atom stereocenters. The van der Waals surface area contributed by atoms with E-state index in [0.717, 1.165) is 0 Å². The standard InChI is InChI=1S/C7H11NO5/c1-13-6(10)3-2-5(7(11)12)8-4-9/h4-5H,2-3H2,1H3,(H,8,9)(H,11,12)/t5-/m1/s1. The van der Waals surface area contributed by atoms with Crippen molar-refractivity contribution in [1.82, 2.24) is 5.32 Å². The summed E-state index contributed by atoms with van der Waals surface area (Å²) in [5.74, 6) is -1.67. The number of amides is 1. The maximum Gasteiger partial charge on any atom is 0.326 e. The SMILES string of the molecule is COC(=O)CC[C@@H](NC=O)C(=O)O. The zero-order chi connectivity index (χ0) is 10.3. The summed E-state index contributed by atoms with van der Waals surface area (Å²) in [4.78, 5) is 31.0. The van der Waals surface area contributed by atoms with Crippen molar-refractivity contribution in [3.63, 3.8) is 0 Å². The molecule has 0 bridgehead atoms. The van der Waals surface area contributed by atoms with E-state index >= 15 is 0 Å². The van der Waals surface area contributed by atoms with E-state index in [0.29, 0.717) is 0 Å². The van der Waals surface area contributed by atoms with E-state index < -0.39 is 18.0 Å². The highest BCUT2D eigenvalue weighted by Gasteiger charge is 2.17. The molecule has 0 saturated heterocycles. The molecule has 0 heterocycles. The van der Waals surface area contributed by atoms with Crippen LogP contribution in [0.1, 0.15) is 12.8 Å². The number of carbonyl (C=O) groups excluding carboxylic acids is 2. The molecule has 0 radical (unpaired) electrons. The van der Waals surface area contributed by atoms with Crippen LogP contribution < -0.4 is 5.32 Å². The van der Waals surface area contributed by atoms with Gasteiger partial charge in [0.05, 0.1) is 7.11 Å². The lowest BCUT2D eigenvalue weighted by molar-refractivity contribution is -0.143. The van der Waals surface area contributed by atoms with Crippen LogP contribution in [0.25, 0.3) is 0 Å². The Balaban J connectivity index is 3.88. The molecule has 0 aliphatic rings. The lowest BCUT2D eigenvalue weighted by Crippen LogP contribution is -2.36. The zero-order valence-corrected chi connectivity index (χ0v) is 7.15. The minimum absolute atomic E-state index is 0.0285. The van der Waals surface area contributed by atoms with E-state index in [4.69, 9.17) is 5.11 Å². The fourth-order valence-electron chi connectivity index (χ4n) is 0.724. The smallest absolute Gasteiger partial charge is 0.326 e. The van der Waals surface area contributed by atoms with Crippen molar-refractivity contribution >= 4 is 18.3 Å². The second-order valence-electron chi connectivity index (χ2n) is 2.29. The van der Waals surface area contributed by atoms with E-state index in [9.17, 15) is 14.4 Å². The Labute approximate surface area is 74.9 Å². The van der Waals surface area contributed by atoms with Crippen molar-refractivity contribution in [3.8, 4) is 0 Å². The summed E-state index contributed by atoms with van der Waals surface area (Å²) in [6, 6.07) is -1.03. The van der Waals surface area contributed by atoms with Gasteiger partial charge in [0.1, 0.15) is 6.04 Å². The highest BCUT2D eigenvalue weighted by molar-refractivity contribution is 5.77. The third-order valence-corrected chi connectivity index (χ3v) is 1.43. The van der Waals surface area contributed by atoms with Crippen molar-refractivity contribution in [2.75, 3.05) is 7.11 Å². The van der Waals surface area contributed by atoms with Crippen LogP contribution in [0.2, 0.25) is 0 Å². The van der Waals surface area contributed by atoms with Gasteiger partial charge in [-0.1, -0.05) is 0 Å². The molecule has 6 nitrogen and oxygen atoms in total. The van der Waals surface area contributed by atoms with Crippen molar-refractivity contribution in [2.24, 2.45) is 0 Å². The van der Waals surface area contributed by atoms with Gasteiger partial charge in [-0.15, -0.1) is 0 Å². The molecule has 74 valence electrons. The number of esters is 1. The van der Waals surface area contributed by atoms with Gasteiger partial charge in [-0.25, -0.2) is 4.79 Å². The third-order valence-electron chi connectivity index (χ3n) is 1.43. The van der Waals surface area contributed by atoms with Crippen LogP contribution in [0.4, 0.5) is 0 Å². The second kappa shape index (κ2) is 5.99. The minimum atomic E-state index is -1.17. The lowest BCUT2D eigenvalue weighted by Gasteiger charge is -2.09. The summed E-state index contributed by atoms with van der Waals surface area (Å²) in [5.41, 5.74) is 0. The average molecular weight is 189 g/mol. The topological polar surface area (TPSA) is 92.7 Å². The molecule has 6 heteroatoms. The Morgan fingerprint density at radius 3 is 2.62 bits per heavy atom. The molecule has 1 amide bonds. The second-order valence-corrected chi connectivity index (χ2v) is 2.29. The molecule has 1 atom stereocenters. The Hall–Kier alpha value is -1.59. The summed E-state index contributed by atoms with van der Waals surface area (Å²) in [7, 11) is 1.21. The molecular formula is C7H11NO5. The Bertz CT molecular complexity index is 203. The first-order valence-corrected chi connectivity index (χ1v) is 3.61. The number of ether oxygens (including phenoxy) is 1. The molecule has 0 spiro atoms. The van der Waals surface area contributed by atoms with E-state index in [1.807, 2.05) is 0 Å². The predicted octanol–water partition coefficient (Wildman–Crippen LogP) is -0.861. The van der Waals surface area contributed by atoms with E-state index in [2.05, 4.69) is 10.1 Å². The van der Waals surface area contributed by atoms with Gasteiger partial charge >= 0.3 is 11.9 Å². The number of carboxylic acids is 1. The molecule has 2 N–H and O–H groups in total. The molecule has 0 aliphatic carbocycles. The summed E-state index contributed by atoms with van der Waals surface area (Å²) in [6.07, 6.45) is 0.283. The van der Waals surface area contributed by atoms with Crippen molar-refractivity contribution in [3.05, 3.63) is 0 Å². The van der Waals surface area contributed by atoms with Gasteiger partial charge in [0, 0.05) is 6.42 Å². The van der Waals surface area contributed by atoms with Gasteiger partial charge in [-0.05, 0) is 6.42 Å².